The van der Waals surface area contributed by atoms with Crippen molar-refractivity contribution >= 4 is 22.7 Å². The quantitative estimate of drug-likeness (QED) is 0.740. The molecule has 1 N–H and O–H groups in total. The van der Waals surface area contributed by atoms with Gasteiger partial charge in [0.1, 0.15) is 16.7 Å². The highest BCUT2D eigenvalue weighted by Gasteiger charge is 2.30. The maximum atomic E-state index is 12.8. The smallest absolute Gasteiger partial charge is 0.253 e. The Hall–Kier alpha value is -3.09. The number of benzene rings is 1. The Bertz CT molecular complexity index is 921. The Morgan fingerprint density at radius 3 is 2.84 bits per heavy atom. The van der Waals surface area contributed by atoms with Gasteiger partial charge in [-0.05, 0) is 43.2 Å². The second-order valence-electron chi connectivity index (χ2n) is 6.20. The van der Waals surface area contributed by atoms with Gasteiger partial charge in [-0.25, -0.2) is 0 Å². The van der Waals surface area contributed by atoms with Gasteiger partial charge in [-0.2, -0.15) is 15.4 Å². The molecular weight excluding hydrogens is 318 g/mol. The SMILES string of the molecule is O=C(c1ccccn1)[C@@H]1CCCN(C(=O)c2ccc3n[nH]nc3c2)C1. The van der Waals surface area contributed by atoms with Crippen molar-refractivity contribution < 1.29 is 9.59 Å². The third-order valence-corrected chi connectivity index (χ3v) is 4.56. The van der Waals surface area contributed by atoms with E-state index >= 15 is 0 Å². The van der Waals surface area contributed by atoms with E-state index in [2.05, 4.69) is 20.4 Å². The number of nitrogens with zero attached hydrogens (tertiary/aromatic N) is 4. The number of amides is 1. The van der Waals surface area contributed by atoms with Gasteiger partial charge in [0.05, 0.1) is 0 Å². The lowest BCUT2D eigenvalue weighted by Crippen LogP contribution is -2.42. The molecule has 1 aliphatic heterocycles. The highest BCUT2D eigenvalue weighted by Crippen LogP contribution is 2.22. The van der Waals surface area contributed by atoms with Crippen LogP contribution in [0.4, 0.5) is 0 Å². The molecule has 126 valence electrons. The first-order valence-electron chi connectivity index (χ1n) is 8.27. The lowest BCUT2D eigenvalue weighted by Gasteiger charge is -2.32. The zero-order valence-electron chi connectivity index (χ0n) is 13.6. The summed E-state index contributed by atoms with van der Waals surface area (Å²) in [6.45, 7) is 1.08. The van der Waals surface area contributed by atoms with Crippen molar-refractivity contribution in [2.75, 3.05) is 13.1 Å². The molecule has 0 bridgehead atoms. The van der Waals surface area contributed by atoms with E-state index in [1.165, 1.54) is 0 Å². The minimum Gasteiger partial charge on any atom is -0.338 e. The molecule has 1 amide bonds. The van der Waals surface area contributed by atoms with Crippen LogP contribution in [-0.4, -0.2) is 50.1 Å². The number of H-pyrrole nitrogens is 1. The molecule has 1 saturated heterocycles. The van der Waals surface area contributed by atoms with Gasteiger partial charge < -0.3 is 4.90 Å². The molecule has 0 radical (unpaired) electrons. The maximum absolute atomic E-state index is 12.8. The first-order valence-corrected chi connectivity index (χ1v) is 8.27. The molecule has 4 rings (SSSR count). The number of piperidine rings is 1. The largest absolute Gasteiger partial charge is 0.338 e. The van der Waals surface area contributed by atoms with Gasteiger partial charge in [0.25, 0.3) is 5.91 Å². The number of nitrogens with one attached hydrogen (secondary N) is 1. The van der Waals surface area contributed by atoms with Crippen LogP contribution in [0, 0.1) is 5.92 Å². The summed E-state index contributed by atoms with van der Waals surface area (Å²) in [7, 11) is 0. The highest BCUT2D eigenvalue weighted by molar-refractivity contribution is 5.99. The minimum absolute atomic E-state index is 0.00468. The molecule has 0 aliphatic carbocycles. The summed E-state index contributed by atoms with van der Waals surface area (Å²) in [5.41, 5.74) is 2.40. The molecule has 0 saturated carbocycles. The molecule has 3 heterocycles. The first-order chi connectivity index (χ1) is 12.2. The number of fused-ring (bicyclic) bond motifs is 1. The summed E-state index contributed by atoms with van der Waals surface area (Å²) >= 11 is 0. The number of aromatic nitrogens is 4. The third kappa shape index (κ3) is 3.00. The topological polar surface area (TPSA) is 91.8 Å². The average Bonchev–Trinajstić information content (AvgIpc) is 3.15. The van der Waals surface area contributed by atoms with Crippen molar-refractivity contribution in [2.24, 2.45) is 5.92 Å². The van der Waals surface area contributed by atoms with Crippen LogP contribution in [0.2, 0.25) is 0 Å². The van der Waals surface area contributed by atoms with Crippen molar-refractivity contribution in [3.63, 3.8) is 0 Å². The lowest BCUT2D eigenvalue weighted by molar-refractivity contribution is 0.0635. The summed E-state index contributed by atoms with van der Waals surface area (Å²) in [6, 6.07) is 10.6. The fourth-order valence-electron chi connectivity index (χ4n) is 3.25. The van der Waals surface area contributed by atoms with Gasteiger partial charge in [-0.1, -0.05) is 6.07 Å². The van der Waals surface area contributed by atoms with Crippen LogP contribution in [-0.2, 0) is 0 Å². The van der Waals surface area contributed by atoms with E-state index in [9.17, 15) is 9.59 Å². The second kappa shape index (κ2) is 6.43. The van der Waals surface area contributed by atoms with Crippen molar-refractivity contribution in [2.45, 2.75) is 12.8 Å². The minimum atomic E-state index is -0.205. The molecule has 2 aromatic heterocycles. The number of pyridine rings is 1. The van der Waals surface area contributed by atoms with Gasteiger partial charge in [-0.15, -0.1) is 0 Å². The number of hydrogen-bond acceptors (Lipinski definition) is 5. The summed E-state index contributed by atoms with van der Waals surface area (Å²) in [5.74, 6) is -0.281. The summed E-state index contributed by atoms with van der Waals surface area (Å²) in [4.78, 5) is 31.3. The highest BCUT2D eigenvalue weighted by atomic mass is 16.2. The predicted molar refractivity (Wildman–Crippen MR) is 91.1 cm³/mol. The van der Waals surface area contributed by atoms with Gasteiger partial charge in [0, 0.05) is 30.8 Å². The molecule has 1 fully saturated rings. The third-order valence-electron chi connectivity index (χ3n) is 4.56. The normalized spacial score (nSPS) is 17.6. The van der Waals surface area contributed by atoms with Gasteiger partial charge in [0.2, 0.25) is 0 Å². The molecule has 0 unspecified atom stereocenters. The van der Waals surface area contributed by atoms with E-state index in [1.54, 1.807) is 47.5 Å². The van der Waals surface area contributed by atoms with Crippen LogP contribution in [0.15, 0.2) is 42.6 Å². The van der Waals surface area contributed by atoms with E-state index in [0.717, 1.165) is 18.4 Å². The van der Waals surface area contributed by atoms with Crippen LogP contribution in [0.3, 0.4) is 0 Å². The number of aromatic amines is 1. The Labute approximate surface area is 144 Å². The maximum Gasteiger partial charge on any atom is 0.253 e. The standard InChI is InChI=1S/C18H17N5O2/c24-17(15-5-1-2-8-19-15)13-4-3-9-23(11-13)18(25)12-6-7-14-16(10-12)21-22-20-14/h1-2,5-8,10,13H,3-4,9,11H2,(H,20,21,22)/t13-/m1/s1. The fourth-order valence-corrected chi connectivity index (χ4v) is 3.25. The van der Waals surface area contributed by atoms with Crippen molar-refractivity contribution in [3.8, 4) is 0 Å². The number of carbonyl (C=O) groups excluding carboxylic acids is 2. The monoisotopic (exact) mass is 335 g/mol. The number of hydrogen-bond donors (Lipinski definition) is 1. The van der Waals surface area contributed by atoms with E-state index < -0.39 is 0 Å². The van der Waals surface area contributed by atoms with Gasteiger partial charge in [-0.3, -0.25) is 14.6 Å². The zero-order valence-corrected chi connectivity index (χ0v) is 13.6. The molecule has 1 aromatic carbocycles. The van der Waals surface area contributed by atoms with Crippen molar-refractivity contribution in [1.29, 1.82) is 0 Å². The molecule has 25 heavy (non-hydrogen) atoms. The van der Waals surface area contributed by atoms with E-state index in [4.69, 9.17) is 0 Å². The number of Topliss-reactive ketones (excluding diaryl/α,β-unsaturated/α-hetero) is 1. The Morgan fingerprint density at radius 1 is 1.12 bits per heavy atom. The summed E-state index contributed by atoms with van der Waals surface area (Å²) < 4.78 is 0. The number of ketones is 1. The molecule has 3 aromatic rings. The van der Waals surface area contributed by atoms with E-state index in [-0.39, 0.29) is 17.6 Å². The zero-order chi connectivity index (χ0) is 17.2. The summed E-state index contributed by atoms with van der Waals surface area (Å²) in [6.07, 6.45) is 3.20. The predicted octanol–water partition coefficient (Wildman–Crippen LogP) is 2.09. The van der Waals surface area contributed by atoms with E-state index in [0.29, 0.717) is 29.9 Å². The van der Waals surface area contributed by atoms with Crippen molar-refractivity contribution in [3.05, 3.63) is 53.9 Å². The van der Waals surface area contributed by atoms with Crippen LogP contribution < -0.4 is 0 Å². The van der Waals surface area contributed by atoms with Gasteiger partial charge in [0.15, 0.2) is 5.78 Å². The van der Waals surface area contributed by atoms with Crippen LogP contribution in [0.25, 0.3) is 11.0 Å². The van der Waals surface area contributed by atoms with Crippen LogP contribution in [0.1, 0.15) is 33.7 Å². The van der Waals surface area contributed by atoms with Crippen LogP contribution in [0.5, 0.6) is 0 Å². The number of rotatable bonds is 3. The molecule has 0 spiro atoms. The van der Waals surface area contributed by atoms with Crippen molar-refractivity contribution in [1.82, 2.24) is 25.3 Å². The molecule has 7 nitrogen and oxygen atoms in total. The Morgan fingerprint density at radius 2 is 2.00 bits per heavy atom. The molecular formula is C18H17N5O2. The Balaban J connectivity index is 1.52. The molecule has 1 aliphatic rings. The first kappa shape index (κ1) is 15.4. The fraction of sp³-hybridized carbons (Fsp3) is 0.278. The summed E-state index contributed by atoms with van der Waals surface area (Å²) in [5, 5.41) is 10.6. The number of carbonyl (C=O) groups is 2. The Kier molecular flexibility index (Phi) is 3.97. The molecule has 7 heteroatoms. The average molecular weight is 335 g/mol. The second-order valence-corrected chi connectivity index (χ2v) is 6.20. The van der Waals surface area contributed by atoms with E-state index in [1.807, 2.05) is 0 Å². The van der Waals surface area contributed by atoms with Gasteiger partial charge >= 0.3 is 0 Å². The number of likely N-dealkylation sites (tertiary alicyclic amines) is 1. The molecule has 1 atom stereocenters. The van der Waals surface area contributed by atoms with Crippen LogP contribution >= 0.6 is 0 Å². The lowest BCUT2D eigenvalue weighted by atomic mass is 9.91.